The number of rotatable bonds is 5. The maximum absolute atomic E-state index is 10.8. The fraction of sp³-hybridized carbons (Fsp3) is 0.250. The van der Waals surface area contributed by atoms with Crippen molar-refractivity contribution in [1.82, 2.24) is 14.8 Å². The smallest absolute Gasteiger partial charge is 0.354 e. The molecule has 2 aromatic heterocycles. The van der Waals surface area contributed by atoms with Crippen molar-refractivity contribution in [3.8, 4) is 0 Å². The molecular formula is C12H14N4O2. The quantitative estimate of drug-likeness (QED) is 0.827. The summed E-state index contributed by atoms with van der Waals surface area (Å²) in [5.74, 6) is -0.456. The number of hydrogen-bond acceptors (Lipinski definition) is 4. The zero-order valence-electron chi connectivity index (χ0n) is 10.00. The van der Waals surface area contributed by atoms with E-state index in [4.69, 9.17) is 5.11 Å². The maximum atomic E-state index is 10.8. The Hall–Kier alpha value is -2.37. The van der Waals surface area contributed by atoms with E-state index in [2.05, 4.69) is 15.4 Å². The van der Waals surface area contributed by atoms with Crippen LogP contribution in [-0.4, -0.2) is 32.4 Å². The van der Waals surface area contributed by atoms with Crippen LogP contribution in [0, 0.1) is 0 Å². The van der Waals surface area contributed by atoms with Gasteiger partial charge in [-0.05, 0) is 18.2 Å². The fourth-order valence-electron chi connectivity index (χ4n) is 1.62. The fourth-order valence-corrected chi connectivity index (χ4v) is 1.62. The molecule has 2 rings (SSSR count). The molecule has 94 valence electrons. The van der Waals surface area contributed by atoms with E-state index < -0.39 is 5.97 Å². The number of aromatic nitrogens is 3. The van der Waals surface area contributed by atoms with Crippen LogP contribution in [0.2, 0.25) is 0 Å². The van der Waals surface area contributed by atoms with Gasteiger partial charge in [0.2, 0.25) is 0 Å². The van der Waals surface area contributed by atoms with Crippen molar-refractivity contribution in [3.05, 3.63) is 41.9 Å². The highest BCUT2D eigenvalue weighted by atomic mass is 16.4. The Morgan fingerprint density at radius 2 is 2.28 bits per heavy atom. The predicted octanol–water partition coefficient (Wildman–Crippen LogP) is 1.17. The van der Waals surface area contributed by atoms with Gasteiger partial charge in [0.05, 0.1) is 0 Å². The van der Waals surface area contributed by atoms with Gasteiger partial charge in [-0.15, -0.1) is 0 Å². The van der Waals surface area contributed by atoms with Crippen LogP contribution < -0.4 is 5.32 Å². The second-order valence-electron chi connectivity index (χ2n) is 3.84. The Morgan fingerprint density at radius 1 is 1.44 bits per heavy atom. The van der Waals surface area contributed by atoms with Crippen molar-refractivity contribution < 1.29 is 9.90 Å². The van der Waals surface area contributed by atoms with Crippen molar-refractivity contribution in [1.29, 1.82) is 0 Å². The summed E-state index contributed by atoms with van der Waals surface area (Å²) in [4.78, 5) is 14.7. The van der Waals surface area contributed by atoms with Crippen molar-refractivity contribution >= 4 is 11.8 Å². The molecule has 0 unspecified atom stereocenters. The van der Waals surface area contributed by atoms with E-state index >= 15 is 0 Å². The highest BCUT2D eigenvalue weighted by Gasteiger charge is 2.04. The number of nitrogens with zero attached hydrogens (tertiary/aromatic N) is 3. The molecule has 6 nitrogen and oxygen atoms in total. The molecular weight excluding hydrogens is 232 g/mol. The van der Waals surface area contributed by atoms with Crippen LogP contribution in [0.4, 0.5) is 5.82 Å². The summed E-state index contributed by atoms with van der Waals surface area (Å²) < 4.78 is 1.81. The molecule has 2 N–H and O–H groups in total. The topological polar surface area (TPSA) is 80.0 Å². The molecule has 18 heavy (non-hydrogen) atoms. The van der Waals surface area contributed by atoms with Gasteiger partial charge in [-0.25, -0.2) is 9.78 Å². The van der Waals surface area contributed by atoms with Crippen LogP contribution in [0.25, 0.3) is 0 Å². The average molecular weight is 246 g/mol. The molecule has 0 saturated heterocycles. The van der Waals surface area contributed by atoms with Gasteiger partial charge in [0, 0.05) is 31.9 Å². The minimum absolute atomic E-state index is 0.0422. The van der Waals surface area contributed by atoms with Gasteiger partial charge in [0.1, 0.15) is 5.82 Å². The molecule has 0 saturated carbocycles. The lowest BCUT2D eigenvalue weighted by Crippen LogP contribution is -2.10. The molecule has 0 atom stereocenters. The molecule has 6 heteroatoms. The lowest BCUT2D eigenvalue weighted by atomic mass is 10.3. The molecule has 0 aromatic carbocycles. The summed E-state index contributed by atoms with van der Waals surface area (Å²) in [5, 5.41) is 16.0. The van der Waals surface area contributed by atoms with E-state index in [0.717, 1.165) is 12.1 Å². The number of hydrogen-bond donors (Lipinski definition) is 2. The highest BCUT2D eigenvalue weighted by molar-refractivity contribution is 5.85. The van der Waals surface area contributed by atoms with Gasteiger partial charge in [0.15, 0.2) is 5.69 Å². The molecule has 0 radical (unpaired) electrons. The Morgan fingerprint density at radius 3 is 2.94 bits per heavy atom. The molecule has 0 aliphatic rings. The van der Waals surface area contributed by atoms with Gasteiger partial charge in [-0.2, -0.15) is 5.10 Å². The Kier molecular flexibility index (Phi) is 3.57. The molecule has 0 fully saturated rings. The minimum Gasteiger partial charge on any atom is -0.477 e. The van der Waals surface area contributed by atoms with Crippen LogP contribution >= 0.6 is 0 Å². The standard InChI is InChI=1S/C12H14N4O2/c1-16-9(6-8-14-16)5-7-13-11-4-2-3-10(15-11)12(17)18/h2-4,6,8H,5,7H2,1H3,(H,13,15)(H,17,18). The van der Waals surface area contributed by atoms with Crippen LogP contribution in [0.15, 0.2) is 30.5 Å². The Balaban J connectivity index is 1.92. The summed E-state index contributed by atoms with van der Waals surface area (Å²) in [5.41, 5.74) is 1.15. The molecule has 0 aliphatic heterocycles. The van der Waals surface area contributed by atoms with Crippen LogP contribution in [0.1, 0.15) is 16.2 Å². The van der Waals surface area contributed by atoms with Gasteiger partial charge < -0.3 is 10.4 Å². The van der Waals surface area contributed by atoms with Crippen molar-refractivity contribution in [2.75, 3.05) is 11.9 Å². The van der Waals surface area contributed by atoms with E-state index in [0.29, 0.717) is 12.4 Å². The first-order valence-corrected chi connectivity index (χ1v) is 5.58. The lowest BCUT2D eigenvalue weighted by Gasteiger charge is -2.06. The predicted molar refractivity (Wildman–Crippen MR) is 66.6 cm³/mol. The van der Waals surface area contributed by atoms with Crippen LogP contribution in [0.3, 0.4) is 0 Å². The summed E-state index contributed by atoms with van der Waals surface area (Å²) in [6, 6.07) is 6.83. The SMILES string of the molecule is Cn1nccc1CCNc1cccc(C(=O)O)n1. The zero-order chi connectivity index (χ0) is 13.0. The summed E-state index contributed by atoms with van der Waals surface area (Å²) in [6.45, 7) is 0.676. The summed E-state index contributed by atoms with van der Waals surface area (Å²) >= 11 is 0. The van der Waals surface area contributed by atoms with Gasteiger partial charge in [0.25, 0.3) is 0 Å². The monoisotopic (exact) mass is 246 g/mol. The number of carboxylic acids is 1. The van der Waals surface area contributed by atoms with Gasteiger partial charge in [-0.3, -0.25) is 4.68 Å². The first-order chi connectivity index (χ1) is 8.66. The zero-order valence-corrected chi connectivity index (χ0v) is 10.00. The number of anilines is 1. The normalized spacial score (nSPS) is 10.3. The van der Waals surface area contributed by atoms with Gasteiger partial charge >= 0.3 is 5.97 Å². The van der Waals surface area contributed by atoms with Gasteiger partial charge in [-0.1, -0.05) is 6.07 Å². The summed E-state index contributed by atoms with van der Waals surface area (Å²) in [6.07, 6.45) is 2.55. The minimum atomic E-state index is -1.02. The average Bonchev–Trinajstić information content (AvgIpc) is 2.76. The Labute approximate surface area is 104 Å². The lowest BCUT2D eigenvalue weighted by molar-refractivity contribution is 0.0690. The Bertz CT molecular complexity index is 551. The number of carboxylic acid groups (broad SMARTS) is 1. The third-order valence-electron chi connectivity index (χ3n) is 2.58. The van der Waals surface area contributed by atoms with E-state index in [1.807, 2.05) is 17.8 Å². The first kappa shape index (κ1) is 12.1. The highest BCUT2D eigenvalue weighted by Crippen LogP contribution is 2.05. The third kappa shape index (κ3) is 2.85. The second-order valence-corrected chi connectivity index (χ2v) is 3.84. The number of pyridine rings is 1. The number of aryl methyl sites for hydroxylation is 1. The van der Waals surface area contributed by atoms with E-state index in [9.17, 15) is 4.79 Å². The second kappa shape index (κ2) is 5.31. The third-order valence-corrected chi connectivity index (χ3v) is 2.58. The largest absolute Gasteiger partial charge is 0.477 e. The van der Waals surface area contributed by atoms with Crippen LogP contribution in [-0.2, 0) is 13.5 Å². The number of carbonyl (C=O) groups is 1. The van der Waals surface area contributed by atoms with E-state index in [1.54, 1.807) is 18.3 Å². The van der Waals surface area contributed by atoms with E-state index in [-0.39, 0.29) is 5.69 Å². The summed E-state index contributed by atoms with van der Waals surface area (Å²) in [7, 11) is 1.89. The van der Waals surface area contributed by atoms with Crippen molar-refractivity contribution in [3.63, 3.8) is 0 Å². The first-order valence-electron chi connectivity index (χ1n) is 5.58. The van der Waals surface area contributed by atoms with Crippen molar-refractivity contribution in [2.45, 2.75) is 6.42 Å². The molecule has 0 amide bonds. The maximum Gasteiger partial charge on any atom is 0.354 e. The molecule has 0 aliphatic carbocycles. The number of nitrogens with one attached hydrogen (secondary N) is 1. The van der Waals surface area contributed by atoms with Crippen LogP contribution in [0.5, 0.6) is 0 Å². The van der Waals surface area contributed by atoms with E-state index in [1.165, 1.54) is 6.07 Å². The number of aromatic carboxylic acids is 1. The molecule has 0 bridgehead atoms. The molecule has 0 spiro atoms. The van der Waals surface area contributed by atoms with Crippen molar-refractivity contribution in [2.24, 2.45) is 7.05 Å². The molecule has 2 aromatic rings. The molecule has 2 heterocycles.